The Hall–Kier alpha value is -6.65. The van der Waals surface area contributed by atoms with Gasteiger partial charge in [-0.15, -0.1) is 0 Å². The molecule has 3 heterocycles. The molecule has 0 fully saturated rings. The predicted molar refractivity (Wildman–Crippen MR) is 201 cm³/mol. The molecular weight excluding hydrogens is 597 g/mol. The first-order valence-electron chi connectivity index (χ1n) is 16.4. The molecule has 3 aromatic heterocycles. The van der Waals surface area contributed by atoms with Crippen molar-refractivity contribution in [2.75, 3.05) is 0 Å². The Morgan fingerprint density at radius 3 is 1.45 bits per heavy atom. The van der Waals surface area contributed by atoms with Crippen LogP contribution in [0.2, 0.25) is 0 Å². The van der Waals surface area contributed by atoms with Crippen LogP contribution in [0.4, 0.5) is 0 Å². The molecule has 0 atom stereocenters. The second-order valence-corrected chi connectivity index (χ2v) is 12.1. The van der Waals surface area contributed by atoms with Crippen LogP contribution in [0, 0.1) is 0 Å². The molecule has 0 bridgehead atoms. The van der Waals surface area contributed by atoms with Gasteiger partial charge in [-0.1, -0.05) is 140 Å². The number of hydrogen-bond acceptors (Lipinski definition) is 3. The van der Waals surface area contributed by atoms with Gasteiger partial charge in [0, 0.05) is 39.3 Å². The van der Waals surface area contributed by atoms with E-state index in [-0.39, 0.29) is 0 Å². The molecule has 9 rings (SSSR count). The number of nitrogens with zero attached hydrogens (tertiary/aromatic N) is 4. The average molecular weight is 627 g/mol. The Morgan fingerprint density at radius 2 is 0.837 bits per heavy atom. The van der Waals surface area contributed by atoms with Crippen molar-refractivity contribution >= 4 is 21.8 Å². The fourth-order valence-corrected chi connectivity index (χ4v) is 6.66. The lowest BCUT2D eigenvalue weighted by Crippen LogP contribution is -1.97. The number of fused-ring (bicyclic) bond motifs is 3. The normalized spacial score (nSPS) is 11.3. The van der Waals surface area contributed by atoms with Crippen LogP contribution in [-0.4, -0.2) is 19.5 Å². The Balaban J connectivity index is 1.13. The smallest absolute Gasteiger partial charge is 0.160 e. The Morgan fingerprint density at radius 1 is 0.367 bits per heavy atom. The largest absolute Gasteiger partial charge is 0.308 e. The van der Waals surface area contributed by atoms with Gasteiger partial charge in [-0.25, -0.2) is 9.97 Å². The van der Waals surface area contributed by atoms with Crippen LogP contribution >= 0.6 is 0 Å². The molecule has 0 aliphatic heterocycles. The zero-order valence-electron chi connectivity index (χ0n) is 26.6. The first-order chi connectivity index (χ1) is 24.3. The van der Waals surface area contributed by atoms with E-state index >= 15 is 0 Å². The second kappa shape index (κ2) is 12.2. The topological polar surface area (TPSA) is 43.6 Å². The molecule has 0 aliphatic carbocycles. The van der Waals surface area contributed by atoms with E-state index < -0.39 is 0 Å². The zero-order chi connectivity index (χ0) is 32.6. The summed E-state index contributed by atoms with van der Waals surface area (Å²) in [6, 6.07) is 59.3. The van der Waals surface area contributed by atoms with E-state index in [4.69, 9.17) is 9.97 Å². The van der Waals surface area contributed by atoms with E-state index in [1.807, 2.05) is 24.5 Å². The summed E-state index contributed by atoms with van der Waals surface area (Å²) in [5.41, 5.74) is 12.8. The Bertz CT molecular complexity index is 2400. The molecule has 0 radical (unpaired) electrons. The molecular formula is C45H30N4. The van der Waals surface area contributed by atoms with Crippen molar-refractivity contribution in [1.29, 1.82) is 0 Å². The molecule has 4 heteroatoms. The minimum atomic E-state index is 0.691. The van der Waals surface area contributed by atoms with Crippen molar-refractivity contribution in [3.63, 3.8) is 0 Å². The van der Waals surface area contributed by atoms with Crippen molar-refractivity contribution in [3.8, 4) is 61.8 Å². The number of para-hydroxylation sites is 1. The van der Waals surface area contributed by atoms with Crippen molar-refractivity contribution in [2.45, 2.75) is 0 Å². The highest BCUT2D eigenvalue weighted by atomic mass is 15.0. The molecule has 49 heavy (non-hydrogen) atoms. The van der Waals surface area contributed by atoms with Gasteiger partial charge in [-0.05, 0) is 52.6 Å². The van der Waals surface area contributed by atoms with Crippen molar-refractivity contribution in [2.24, 2.45) is 0 Å². The summed E-state index contributed by atoms with van der Waals surface area (Å²) in [4.78, 5) is 14.7. The molecule has 230 valence electrons. The van der Waals surface area contributed by atoms with Crippen LogP contribution in [0.15, 0.2) is 182 Å². The van der Waals surface area contributed by atoms with E-state index in [9.17, 15) is 0 Å². The fourth-order valence-electron chi connectivity index (χ4n) is 6.66. The van der Waals surface area contributed by atoms with Crippen molar-refractivity contribution < 1.29 is 0 Å². The van der Waals surface area contributed by atoms with Crippen molar-refractivity contribution in [1.82, 2.24) is 19.5 Å². The molecule has 0 amide bonds. The number of pyridine rings is 1. The van der Waals surface area contributed by atoms with Crippen LogP contribution < -0.4 is 0 Å². The third-order valence-electron chi connectivity index (χ3n) is 9.16. The first kappa shape index (κ1) is 28.6. The van der Waals surface area contributed by atoms with E-state index in [0.717, 1.165) is 50.4 Å². The standard InChI is InChI=1S/C45H30N4/c1-3-9-31(10-4-1)33-15-19-35(20-16-33)41-29-42(48-45(47-41)37-21-17-34(18-22-37)32-11-5-2-6-12-32)36-23-25-38(26-24-36)49-43-14-8-7-13-39(43)40-27-28-46-30-44(40)49/h1-30H. The van der Waals surface area contributed by atoms with Crippen molar-refractivity contribution in [3.05, 3.63) is 182 Å². The van der Waals surface area contributed by atoms with E-state index in [2.05, 4.69) is 167 Å². The highest BCUT2D eigenvalue weighted by Crippen LogP contribution is 2.34. The summed E-state index contributed by atoms with van der Waals surface area (Å²) in [6.07, 6.45) is 3.80. The van der Waals surface area contributed by atoms with Gasteiger partial charge >= 0.3 is 0 Å². The molecule has 6 aromatic carbocycles. The van der Waals surface area contributed by atoms with Gasteiger partial charge in [0.05, 0.1) is 28.6 Å². The SMILES string of the molecule is c1ccc(-c2ccc(-c3cc(-c4ccc(-n5c6ccccc6c6ccncc65)cc4)nc(-c4ccc(-c5ccccc5)cc4)n3)cc2)cc1. The first-order valence-corrected chi connectivity index (χ1v) is 16.4. The highest BCUT2D eigenvalue weighted by Gasteiger charge is 2.14. The lowest BCUT2D eigenvalue weighted by molar-refractivity contribution is 1.16. The number of benzene rings is 6. The van der Waals surface area contributed by atoms with Crippen LogP contribution in [0.5, 0.6) is 0 Å². The Labute approximate surface area is 284 Å². The number of hydrogen-bond donors (Lipinski definition) is 0. The lowest BCUT2D eigenvalue weighted by Gasteiger charge is -2.12. The van der Waals surface area contributed by atoms with Crippen LogP contribution in [-0.2, 0) is 0 Å². The van der Waals surface area contributed by atoms with Gasteiger partial charge in [-0.2, -0.15) is 0 Å². The fraction of sp³-hybridized carbons (Fsp3) is 0. The summed E-state index contributed by atoms with van der Waals surface area (Å²) >= 11 is 0. The molecule has 0 unspecified atom stereocenters. The molecule has 0 saturated carbocycles. The summed E-state index contributed by atoms with van der Waals surface area (Å²) in [5.74, 6) is 0.691. The molecule has 4 nitrogen and oxygen atoms in total. The summed E-state index contributed by atoms with van der Waals surface area (Å²) in [6.45, 7) is 0. The lowest BCUT2D eigenvalue weighted by atomic mass is 10.0. The highest BCUT2D eigenvalue weighted by molar-refractivity contribution is 6.08. The van der Waals surface area contributed by atoms with Gasteiger partial charge in [0.25, 0.3) is 0 Å². The van der Waals surface area contributed by atoms with Crippen LogP contribution in [0.1, 0.15) is 0 Å². The predicted octanol–water partition coefficient (Wildman–Crippen LogP) is 11.3. The maximum atomic E-state index is 5.13. The molecule has 0 saturated heterocycles. The monoisotopic (exact) mass is 626 g/mol. The minimum absolute atomic E-state index is 0.691. The zero-order valence-corrected chi connectivity index (χ0v) is 26.6. The third-order valence-corrected chi connectivity index (χ3v) is 9.16. The maximum Gasteiger partial charge on any atom is 0.160 e. The Kier molecular flexibility index (Phi) is 7.10. The maximum absolute atomic E-state index is 5.13. The van der Waals surface area contributed by atoms with Gasteiger partial charge in [0.1, 0.15) is 0 Å². The second-order valence-electron chi connectivity index (χ2n) is 12.1. The van der Waals surface area contributed by atoms with Gasteiger partial charge in [0.2, 0.25) is 0 Å². The van der Waals surface area contributed by atoms with Crippen LogP contribution in [0.3, 0.4) is 0 Å². The van der Waals surface area contributed by atoms with Gasteiger partial charge in [0.15, 0.2) is 5.82 Å². The third kappa shape index (κ3) is 5.35. The minimum Gasteiger partial charge on any atom is -0.308 e. The summed E-state index contributed by atoms with van der Waals surface area (Å²) in [5, 5.41) is 2.40. The van der Waals surface area contributed by atoms with E-state index in [0.29, 0.717) is 5.82 Å². The number of rotatable bonds is 6. The molecule has 0 aliphatic rings. The quantitative estimate of drug-likeness (QED) is 0.184. The van der Waals surface area contributed by atoms with Gasteiger partial charge in [-0.3, -0.25) is 4.98 Å². The molecule has 0 N–H and O–H groups in total. The van der Waals surface area contributed by atoms with E-state index in [1.165, 1.54) is 27.5 Å². The summed E-state index contributed by atoms with van der Waals surface area (Å²) in [7, 11) is 0. The average Bonchev–Trinajstić information content (AvgIpc) is 3.53. The van der Waals surface area contributed by atoms with Crippen LogP contribution in [0.25, 0.3) is 83.6 Å². The van der Waals surface area contributed by atoms with Gasteiger partial charge < -0.3 is 4.57 Å². The van der Waals surface area contributed by atoms with E-state index in [1.54, 1.807) is 0 Å². The number of aromatic nitrogens is 4. The summed E-state index contributed by atoms with van der Waals surface area (Å²) < 4.78 is 2.28. The molecule has 9 aromatic rings. The molecule has 0 spiro atoms.